The van der Waals surface area contributed by atoms with Crippen molar-refractivity contribution >= 4 is 5.69 Å². The lowest BCUT2D eigenvalue weighted by Gasteiger charge is -2.23. The maximum Gasteiger partial charge on any atom is 0.135 e. The van der Waals surface area contributed by atoms with E-state index in [9.17, 15) is 10.5 Å². The number of nitriles is 2. The van der Waals surface area contributed by atoms with Gasteiger partial charge in [-0.1, -0.05) is 17.7 Å². The minimum atomic E-state index is 0.211. The summed E-state index contributed by atoms with van der Waals surface area (Å²) in [6.07, 6.45) is 2.00. The first-order chi connectivity index (χ1) is 10.9. The van der Waals surface area contributed by atoms with Gasteiger partial charge in [0.05, 0.1) is 0 Å². The van der Waals surface area contributed by atoms with Gasteiger partial charge >= 0.3 is 0 Å². The highest BCUT2D eigenvalue weighted by Gasteiger charge is 2.27. The van der Waals surface area contributed by atoms with Crippen molar-refractivity contribution in [2.45, 2.75) is 20.8 Å². The van der Waals surface area contributed by atoms with Gasteiger partial charge in [0.1, 0.15) is 17.7 Å². The molecule has 118 valence electrons. The van der Waals surface area contributed by atoms with Gasteiger partial charge in [0.15, 0.2) is 0 Å². The minimum absolute atomic E-state index is 0.211. The minimum Gasteiger partial charge on any atom is -0.383 e. The number of allylic oxidation sites excluding steroid dienone is 1. The molecule has 1 fully saturated rings. The second kappa shape index (κ2) is 6.58. The normalized spacial score (nSPS) is 15.5. The van der Waals surface area contributed by atoms with Crippen LogP contribution in [0.3, 0.4) is 0 Å². The zero-order valence-corrected chi connectivity index (χ0v) is 14.4. The summed E-state index contributed by atoms with van der Waals surface area (Å²) in [5, 5.41) is 18.5. The first-order valence-electron chi connectivity index (χ1n) is 7.61. The molecular formula is C19H22N4. The summed E-state index contributed by atoms with van der Waals surface area (Å²) < 4.78 is 0. The Morgan fingerprint density at radius 3 is 2.13 bits per heavy atom. The van der Waals surface area contributed by atoms with E-state index < -0.39 is 0 Å². The Hall–Kier alpha value is -2.72. The van der Waals surface area contributed by atoms with Crippen LogP contribution in [0.1, 0.15) is 16.7 Å². The van der Waals surface area contributed by atoms with Gasteiger partial charge in [0.2, 0.25) is 0 Å². The molecule has 0 saturated carbocycles. The van der Waals surface area contributed by atoms with Crippen LogP contribution >= 0.6 is 0 Å². The smallest absolute Gasteiger partial charge is 0.135 e. The molecule has 1 aliphatic heterocycles. The molecule has 1 heterocycles. The molecule has 0 aliphatic carbocycles. The monoisotopic (exact) mass is 306 g/mol. The Balaban J connectivity index is 2.53. The summed E-state index contributed by atoms with van der Waals surface area (Å²) in [4.78, 5) is 4.21. The van der Waals surface area contributed by atoms with Crippen molar-refractivity contribution in [1.82, 2.24) is 4.90 Å². The number of benzene rings is 1. The number of rotatable bonds is 2. The van der Waals surface area contributed by atoms with E-state index in [2.05, 4.69) is 37.8 Å². The summed E-state index contributed by atoms with van der Waals surface area (Å²) >= 11 is 0. The predicted octanol–water partition coefficient (Wildman–Crippen LogP) is 3.22. The summed E-state index contributed by atoms with van der Waals surface area (Å²) in [5.41, 5.74) is 6.98. The lowest BCUT2D eigenvalue weighted by molar-refractivity contribution is 0.559. The molecule has 0 spiro atoms. The molecule has 2 rings (SSSR count). The molecule has 0 unspecified atom stereocenters. The summed E-state index contributed by atoms with van der Waals surface area (Å²) in [6, 6.07) is 8.43. The molecule has 4 heteroatoms. The van der Waals surface area contributed by atoms with Crippen LogP contribution in [0.25, 0.3) is 0 Å². The third-order valence-corrected chi connectivity index (χ3v) is 3.99. The van der Waals surface area contributed by atoms with Gasteiger partial charge in [-0.05, 0) is 37.5 Å². The van der Waals surface area contributed by atoms with Crippen LogP contribution < -0.4 is 4.90 Å². The Morgan fingerprint density at radius 2 is 1.65 bits per heavy atom. The molecule has 0 amide bonds. The second-order valence-corrected chi connectivity index (χ2v) is 6.30. The SMILES string of the molecule is Cc1cc(C)c(N2CC(=C(C#N)C#N)/C(=C\N(C)C)C2)c(C)c1. The molecule has 1 aromatic rings. The fourth-order valence-corrected chi connectivity index (χ4v) is 3.31. The molecule has 0 bridgehead atoms. The van der Waals surface area contributed by atoms with Crippen molar-refractivity contribution < 1.29 is 0 Å². The summed E-state index contributed by atoms with van der Waals surface area (Å²) in [5.74, 6) is 0. The summed E-state index contributed by atoms with van der Waals surface area (Å²) in [7, 11) is 3.90. The number of hydrogen-bond acceptors (Lipinski definition) is 4. The molecular weight excluding hydrogens is 284 g/mol. The van der Waals surface area contributed by atoms with Crippen LogP contribution in [-0.4, -0.2) is 32.1 Å². The standard InChI is InChI=1S/C19H22N4/c1-13-6-14(2)19(15(3)7-13)23-11-17(10-22(4)5)18(12-23)16(8-20)9-21/h6-7,10H,11-12H2,1-5H3/b17-10-. The lowest BCUT2D eigenvalue weighted by Crippen LogP contribution is -2.21. The van der Waals surface area contributed by atoms with E-state index in [-0.39, 0.29) is 5.57 Å². The fourth-order valence-electron chi connectivity index (χ4n) is 3.31. The van der Waals surface area contributed by atoms with Crippen LogP contribution in [0, 0.1) is 43.4 Å². The maximum absolute atomic E-state index is 9.25. The van der Waals surface area contributed by atoms with Crippen molar-refractivity contribution in [3.63, 3.8) is 0 Å². The molecule has 1 aliphatic rings. The quantitative estimate of drug-likeness (QED) is 0.787. The number of aryl methyl sites for hydroxylation is 3. The zero-order valence-electron chi connectivity index (χ0n) is 14.4. The van der Waals surface area contributed by atoms with E-state index in [4.69, 9.17) is 0 Å². The first-order valence-corrected chi connectivity index (χ1v) is 7.61. The lowest BCUT2D eigenvalue weighted by atomic mass is 10.0. The molecule has 23 heavy (non-hydrogen) atoms. The van der Waals surface area contributed by atoms with Gasteiger partial charge in [0, 0.05) is 44.6 Å². The number of anilines is 1. The molecule has 0 radical (unpaired) electrons. The molecule has 0 N–H and O–H groups in total. The van der Waals surface area contributed by atoms with Gasteiger partial charge < -0.3 is 9.80 Å². The van der Waals surface area contributed by atoms with Crippen LogP contribution in [-0.2, 0) is 0 Å². The van der Waals surface area contributed by atoms with Crippen molar-refractivity contribution in [2.75, 3.05) is 32.1 Å². The average molecular weight is 306 g/mol. The van der Waals surface area contributed by atoms with Crippen molar-refractivity contribution in [1.29, 1.82) is 10.5 Å². The van der Waals surface area contributed by atoms with E-state index in [0.717, 1.165) is 11.1 Å². The van der Waals surface area contributed by atoms with Gasteiger partial charge in [-0.2, -0.15) is 10.5 Å². The van der Waals surface area contributed by atoms with Gasteiger partial charge in [0.25, 0.3) is 0 Å². The van der Waals surface area contributed by atoms with Crippen molar-refractivity contribution in [2.24, 2.45) is 0 Å². The van der Waals surface area contributed by atoms with E-state index in [1.807, 2.05) is 37.3 Å². The Bertz CT molecular complexity index is 731. The van der Waals surface area contributed by atoms with Gasteiger partial charge in [-0.3, -0.25) is 0 Å². The van der Waals surface area contributed by atoms with Crippen LogP contribution in [0.15, 0.2) is 35.1 Å². The maximum atomic E-state index is 9.25. The number of nitrogens with zero attached hydrogens (tertiary/aromatic N) is 4. The highest BCUT2D eigenvalue weighted by molar-refractivity contribution is 5.67. The molecule has 1 saturated heterocycles. The van der Waals surface area contributed by atoms with E-state index >= 15 is 0 Å². The third kappa shape index (κ3) is 3.38. The van der Waals surface area contributed by atoms with E-state index in [1.54, 1.807) is 0 Å². The van der Waals surface area contributed by atoms with Crippen molar-refractivity contribution in [3.05, 3.63) is 51.7 Å². The summed E-state index contributed by atoms with van der Waals surface area (Å²) in [6.45, 7) is 7.63. The van der Waals surface area contributed by atoms with Crippen LogP contribution in [0.2, 0.25) is 0 Å². The zero-order chi connectivity index (χ0) is 17.1. The van der Waals surface area contributed by atoms with Crippen LogP contribution in [0.5, 0.6) is 0 Å². The van der Waals surface area contributed by atoms with Gasteiger partial charge in [-0.15, -0.1) is 0 Å². The topological polar surface area (TPSA) is 54.1 Å². The van der Waals surface area contributed by atoms with E-state index in [1.165, 1.54) is 22.4 Å². The second-order valence-electron chi connectivity index (χ2n) is 6.30. The first kappa shape index (κ1) is 16.6. The molecule has 1 aromatic carbocycles. The highest BCUT2D eigenvalue weighted by Crippen LogP contribution is 2.34. The molecule has 0 aromatic heterocycles. The Kier molecular flexibility index (Phi) is 4.77. The number of hydrogen-bond donors (Lipinski definition) is 0. The highest BCUT2D eigenvalue weighted by atomic mass is 15.2. The largest absolute Gasteiger partial charge is 0.383 e. The van der Waals surface area contributed by atoms with Crippen molar-refractivity contribution in [3.8, 4) is 12.1 Å². The third-order valence-electron chi connectivity index (χ3n) is 3.99. The average Bonchev–Trinajstić information content (AvgIpc) is 2.82. The molecule has 0 atom stereocenters. The van der Waals surface area contributed by atoms with E-state index in [0.29, 0.717) is 13.1 Å². The Morgan fingerprint density at radius 1 is 1.09 bits per heavy atom. The fraction of sp³-hybridized carbons (Fsp3) is 0.368. The molecule has 4 nitrogen and oxygen atoms in total. The van der Waals surface area contributed by atoms with Crippen LogP contribution in [0.4, 0.5) is 5.69 Å². The Labute approximate surface area is 138 Å². The predicted molar refractivity (Wildman–Crippen MR) is 92.9 cm³/mol. The van der Waals surface area contributed by atoms with Gasteiger partial charge in [-0.25, -0.2) is 0 Å².